The lowest BCUT2D eigenvalue weighted by Crippen LogP contribution is -2.35. The number of amides is 1. The van der Waals surface area contributed by atoms with Crippen LogP contribution in [0.3, 0.4) is 0 Å². The molecule has 0 bridgehead atoms. The van der Waals surface area contributed by atoms with E-state index < -0.39 is 28.5 Å². The number of anilines is 1. The molecule has 0 spiro atoms. The number of nitrogens with one attached hydrogen (secondary N) is 1. The summed E-state index contributed by atoms with van der Waals surface area (Å²) in [5.41, 5.74) is 2.09. The molecule has 1 aliphatic rings. The Morgan fingerprint density at radius 2 is 1.73 bits per heavy atom. The standard InChI is InChI=1S/C26H26N4O5S2/c1-18-22-16-23(36-25(22)30(28-18)20-8-4-2-5-9-20)26(32)35-17-24(31)27-19-10-12-21(13-11-19)37(33,34)29-14-6-3-7-15-29/h2,4-5,8-13,16H,3,6-7,14-15,17H2,1H3,(H,27,31). The number of carbonyl (C=O) groups is 2. The molecule has 5 rings (SSSR count). The molecule has 0 aliphatic carbocycles. The summed E-state index contributed by atoms with van der Waals surface area (Å²) in [5, 5.41) is 8.04. The molecule has 2 aromatic heterocycles. The number of esters is 1. The summed E-state index contributed by atoms with van der Waals surface area (Å²) in [6.07, 6.45) is 2.76. The molecule has 4 aromatic rings. The first-order valence-electron chi connectivity index (χ1n) is 11.9. The van der Waals surface area contributed by atoms with Gasteiger partial charge in [-0.15, -0.1) is 11.3 Å². The van der Waals surface area contributed by atoms with Gasteiger partial charge in [0.05, 0.1) is 16.3 Å². The van der Waals surface area contributed by atoms with Crippen molar-refractivity contribution in [3.8, 4) is 5.69 Å². The van der Waals surface area contributed by atoms with Gasteiger partial charge < -0.3 is 10.1 Å². The monoisotopic (exact) mass is 538 g/mol. The number of nitrogens with zero attached hydrogens (tertiary/aromatic N) is 3. The number of fused-ring (bicyclic) bond motifs is 1. The van der Waals surface area contributed by atoms with Crippen LogP contribution >= 0.6 is 11.3 Å². The van der Waals surface area contributed by atoms with Gasteiger partial charge >= 0.3 is 5.97 Å². The zero-order chi connectivity index (χ0) is 26.0. The van der Waals surface area contributed by atoms with E-state index in [-0.39, 0.29) is 4.90 Å². The summed E-state index contributed by atoms with van der Waals surface area (Å²) in [6, 6.07) is 17.4. The van der Waals surface area contributed by atoms with Crippen LogP contribution < -0.4 is 5.32 Å². The number of para-hydroxylation sites is 1. The van der Waals surface area contributed by atoms with Gasteiger partial charge in [0, 0.05) is 24.2 Å². The Labute approximate surface area is 218 Å². The van der Waals surface area contributed by atoms with Crippen molar-refractivity contribution in [3.63, 3.8) is 0 Å². The van der Waals surface area contributed by atoms with Crippen LogP contribution in [0, 0.1) is 6.92 Å². The van der Waals surface area contributed by atoms with Gasteiger partial charge in [0.2, 0.25) is 10.0 Å². The lowest BCUT2D eigenvalue weighted by Gasteiger charge is -2.25. The van der Waals surface area contributed by atoms with Crippen molar-refractivity contribution in [2.75, 3.05) is 25.0 Å². The van der Waals surface area contributed by atoms with Crippen molar-refractivity contribution in [1.29, 1.82) is 0 Å². The number of benzene rings is 2. The van der Waals surface area contributed by atoms with Gasteiger partial charge in [-0.2, -0.15) is 9.40 Å². The van der Waals surface area contributed by atoms with E-state index in [9.17, 15) is 18.0 Å². The highest BCUT2D eigenvalue weighted by Crippen LogP contribution is 2.31. The van der Waals surface area contributed by atoms with Crippen LogP contribution in [-0.4, -0.2) is 54.1 Å². The molecule has 0 unspecified atom stereocenters. The van der Waals surface area contributed by atoms with Gasteiger partial charge in [-0.3, -0.25) is 4.79 Å². The van der Waals surface area contributed by atoms with Crippen LogP contribution in [0.15, 0.2) is 65.6 Å². The number of aromatic nitrogens is 2. The second-order valence-electron chi connectivity index (χ2n) is 8.78. The van der Waals surface area contributed by atoms with Crippen LogP contribution in [0.2, 0.25) is 0 Å². The average molecular weight is 539 g/mol. The van der Waals surface area contributed by atoms with Gasteiger partial charge in [-0.1, -0.05) is 24.6 Å². The molecule has 2 aromatic carbocycles. The van der Waals surface area contributed by atoms with Gasteiger partial charge in [0.1, 0.15) is 9.71 Å². The summed E-state index contributed by atoms with van der Waals surface area (Å²) in [6.45, 7) is 2.46. The van der Waals surface area contributed by atoms with E-state index in [1.165, 1.54) is 39.9 Å². The molecule has 192 valence electrons. The van der Waals surface area contributed by atoms with Crippen LogP contribution in [0.25, 0.3) is 15.9 Å². The minimum atomic E-state index is -3.54. The zero-order valence-corrected chi connectivity index (χ0v) is 21.8. The van der Waals surface area contributed by atoms with Crippen molar-refractivity contribution in [3.05, 3.63) is 71.2 Å². The maximum atomic E-state index is 12.8. The van der Waals surface area contributed by atoms with Crippen LogP contribution in [-0.2, 0) is 19.6 Å². The number of hydrogen-bond donors (Lipinski definition) is 1. The lowest BCUT2D eigenvalue weighted by molar-refractivity contribution is -0.119. The number of rotatable bonds is 7. The van der Waals surface area contributed by atoms with Crippen molar-refractivity contribution >= 4 is 49.1 Å². The summed E-state index contributed by atoms with van der Waals surface area (Å²) in [7, 11) is -3.54. The highest BCUT2D eigenvalue weighted by atomic mass is 32.2. The first kappa shape index (κ1) is 25.1. The van der Waals surface area contributed by atoms with E-state index in [0.717, 1.165) is 40.9 Å². The van der Waals surface area contributed by atoms with Crippen molar-refractivity contribution in [1.82, 2.24) is 14.1 Å². The summed E-state index contributed by atoms with van der Waals surface area (Å²) in [5.74, 6) is -1.12. The fraction of sp³-hybridized carbons (Fsp3) is 0.269. The van der Waals surface area contributed by atoms with E-state index >= 15 is 0 Å². The third-order valence-corrected chi connectivity index (χ3v) is 9.18. The quantitative estimate of drug-likeness (QED) is 0.350. The normalized spacial score (nSPS) is 14.5. The van der Waals surface area contributed by atoms with Gasteiger partial charge in [0.15, 0.2) is 6.61 Å². The predicted molar refractivity (Wildman–Crippen MR) is 142 cm³/mol. The maximum Gasteiger partial charge on any atom is 0.348 e. The topological polar surface area (TPSA) is 111 Å². The van der Waals surface area contributed by atoms with Gasteiger partial charge in [0.25, 0.3) is 5.91 Å². The molecule has 0 saturated carbocycles. The summed E-state index contributed by atoms with van der Waals surface area (Å²) in [4.78, 5) is 26.4. The van der Waals surface area contributed by atoms with Crippen molar-refractivity contribution in [2.24, 2.45) is 0 Å². The van der Waals surface area contributed by atoms with E-state index in [1.54, 1.807) is 10.7 Å². The number of piperidine rings is 1. The molecule has 1 fully saturated rings. The summed E-state index contributed by atoms with van der Waals surface area (Å²) < 4.78 is 34.1. The van der Waals surface area contributed by atoms with Crippen LogP contribution in [0.1, 0.15) is 34.6 Å². The van der Waals surface area contributed by atoms with Crippen LogP contribution in [0.5, 0.6) is 0 Å². The Morgan fingerprint density at radius 1 is 1.03 bits per heavy atom. The Hall–Kier alpha value is -3.54. The van der Waals surface area contributed by atoms with E-state index in [0.29, 0.717) is 23.7 Å². The number of sulfonamides is 1. The number of aryl methyl sites for hydroxylation is 1. The fourth-order valence-electron chi connectivity index (χ4n) is 4.26. The lowest BCUT2D eigenvalue weighted by atomic mass is 10.2. The van der Waals surface area contributed by atoms with Crippen LogP contribution in [0.4, 0.5) is 5.69 Å². The predicted octanol–water partition coefficient (Wildman–Crippen LogP) is 4.37. The van der Waals surface area contributed by atoms with Gasteiger partial charge in [-0.25, -0.2) is 17.9 Å². The highest BCUT2D eigenvalue weighted by molar-refractivity contribution is 7.89. The average Bonchev–Trinajstić information content (AvgIpc) is 3.49. The third kappa shape index (κ3) is 5.29. The molecular weight excluding hydrogens is 512 g/mol. The van der Waals surface area contributed by atoms with Crippen molar-refractivity contribution in [2.45, 2.75) is 31.1 Å². The molecule has 9 nitrogen and oxygen atoms in total. The van der Waals surface area contributed by atoms with E-state index in [1.807, 2.05) is 37.3 Å². The number of carbonyl (C=O) groups excluding carboxylic acids is 2. The molecule has 11 heteroatoms. The van der Waals surface area contributed by atoms with Crippen molar-refractivity contribution < 1.29 is 22.7 Å². The molecule has 1 aliphatic heterocycles. The minimum Gasteiger partial charge on any atom is -0.451 e. The molecule has 0 atom stereocenters. The number of thiophene rings is 1. The van der Waals surface area contributed by atoms with E-state index in [2.05, 4.69) is 10.4 Å². The Kier molecular flexibility index (Phi) is 7.09. The Morgan fingerprint density at radius 3 is 2.43 bits per heavy atom. The first-order chi connectivity index (χ1) is 17.8. The largest absolute Gasteiger partial charge is 0.451 e. The fourth-order valence-corrected chi connectivity index (χ4v) is 6.85. The smallest absolute Gasteiger partial charge is 0.348 e. The maximum absolute atomic E-state index is 12.8. The third-order valence-electron chi connectivity index (χ3n) is 6.17. The molecule has 1 N–H and O–H groups in total. The Bertz CT molecular complexity index is 1540. The minimum absolute atomic E-state index is 0.188. The SMILES string of the molecule is Cc1nn(-c2ccccc2)c2sc(C(=O)OCC(=O)Nc3ccc(S(=O)(=O)N4CCCCC4)cc3)cc12. The number of hydrogen-bond acceptors (Lipinski definition) is 7. The zero-order valence-electron chi connectivity index (χ0n) is 20.2. The number of ether oxygens (including phenoxy) is 1. The first-order valence-corrected chi connectivity index (χ1v) is 14.2. The molecule has 1 amide bonds. The molecule has 37 heavy (non-hydrogen) atoms. The van der Waals surface area contributed by atoms with Gasteiger partial charge in [-0.05, 0) is 62.2 Å². The Balaban J connectivity index is 1.20. The molecule has 1 saturated heterocycles. The second-order valence-corrected chi connectivity index (χ2v) is 11.7. The van der Waals surface area contributed by atoms with E-state index in [4.69, 9.17) is 4.74 Å². The molecule has 3 heterocycles. The second kappa shape index (κ2) is 10.4. The highest BCUT2D eigenvalue weighted by Gasteiger charge is 2.26. The summed E-state index contributed by atoms with van der Waals surface area (Å²) >= 11 is 1.25. The molecular formula is C26H26N4O5S2. The molecule has 0 radical (unpaired) electrons.